The summed E-state index contributed by atoms with van der Waals surface area (Å²) in [6, 6.07) is 6.67. The molecule has 1 aromatic carbocycles. The third-order valence-electron chi connectivity index (χ3n) is 2.10. The van der Waals surface area contributed by atoms with Crippen LogP contribution >= 0.6 is 0 Å². The fraction of sp³-hybridized carbons (Fsp3) is 0.400. The first-order valence-electron chi connectivity index (χ1n) is 4.22. The Morgan fingerprint density at radius 3 is 2.36 bits per heavy atom. The summed E-state index contributed by atoms with van der Waals surface area (Å²) >= 11 is 1.29. The predicted octanol–water partition coefficient (Wildman–Crippen LogP) is 1.98. The second-order valence-corrected chi connectivity index (χ2v) is 4.36. The van der Waals surface area contributed by atoms with Crippen LogP contribution in [0.1, 0.15) is 25.0 Å². The van der Waals surface area contributed by atoms with E-state index < -0.39 is 0 Å². The van der Waals surface area contributed by atoms with Crippen LogP contribution in [0.5, 0.6) is 0 Å². The summed E-state index contributed by atoms with van der Waals surface area (Å²) < 4.78 is 1.56. The first kappa shape index (κ1) is 8.94. The second kappa shape index (κ2) is 4.02. The van der Waals surface area contributed by atoms with Crippen molar-refractivity contribution >= 4 is 4.16 Å². The number of hydrogen-bond acceptors (Lipinski definition) is 0. The summed E-state index contributed by atoms with van der Waals surface area (Å²) in [5.74, 6) is 0. The van der Waals surface area contributed by atoms with Crippen molar-refractivity contribution in [2.75, 3.05) is 0 Å². The van der Waals surface area contributed by atoms with E-state index in [0.717, 1.165) is 0 Å². The van der Waals surface area contributed by atoms with E-state index in [4.69, 9.17) is 0 Å². The van der Waals surface area contributed by atoms with Gasteiger partial charge in [0.2, 0.25) is 0 Å². The summed E-state index contributed by atoms with van der Waals surface area (Å²) in [4.78, 5) is 0. The molecule has 11 heavy (non-hydrogen) atoms. The molecule has 0 saturated heterocycles. The van der Waals surface area contributed by atoms with Gasteiger partial charge in [-0.3, -0.25) is 0 Å². The molecule has 0 saturated carbocycles. The first-order valence-corrected chi connectivity index (χ1v) is 5.70. The summed E-state index contributed by atoms with van der Waals surface area (Å²) in [5.41, 5.74) is 3.13. The zero-order valence-electron chi connectivity index (χ0n) is 7.35. The Balaban J connectivity index is 3.13. The Hall–Kier alpha value is -0.157. The van der Waals surface area contributed by atoms with Crippen LogP contribution in [0.15, 0.2) is 18.2 Å². The van der Waals surface area contributed by atoms with Crippen LogP contribution in [0.2, 0.25) is 0 Å². The van der Waals surface area contributed by atoms with Gasteiger partial charge in [0.25, 0.3) is 0 Å². The maximum atomic E-state index is 2.25. The molecule has 0 aliphatic heterocycles. The van der Waals surface area contributed by atoms with Crippen molar-refractivity contribution in [3.63, 3.8) is 0 Å². The molecule has 0 heterocycles. The Bertz CT molecular complexity index is 241. The minimum atomic E-state index is 1.18. The monoisotopic (exact) mass is 197 g/mol. The van der Waals surface area contributed by atoms with Crippen molar-refractivity contribution in [2.24, 2.45) is 0 Å². The molecule has 0 aliphatic rings. The van der Waals surface area contributed by atoms with Gasteiger partial charge in [0.1, 0.15) is 0 Å². The van der Waals surface area contributed by atoms with Crippen LogP contribution in [0.25, 0.3) is 0 Å². The summed E-state index contributed by atoms with van der Waals surface area (Å²) in [6.07, 6.45) is 2.37. The molecule has 0 spiro atoms. The predicted molar refractivity (Wildman–Crippen MR) is 44.8 cm³/mol. The molecule has 55 valence electrons. The zero-order valence-corrected chi connectivity index (χ0v) is 10.3. The standard InChI is InChI=1S/C10H13.Zn/c1-3-9-7-5-6-8-10(9)4-2;/h5-7H,3-4H2,1-2H3;. The van der Waals surface area contributed by atoms with Crippen molar-refractivity contribution in [1.82, 2.24) is 0 Å². The molecule has 0 fully saturated rings. The van der Waals surface area contributed by atoms with Crippen molar-refractivity contribution in [2.45, 2.75) is 26.7 Å². The number of hydrogen-bond donors (Lipinski definition) is 0. The third-order valence-corrected chi connectivity index (χ3v) is 3.49. The van der Waals surface area contributed by atoms with Crippen LogP contribution in [0.4, 0.5) is 0 Å². The molecule has 0 radical (unpaired) electrons. The number of benzene rings is 1. The summed E-state index contributed by atoms with van der Waals surface area (Å²) in [6.45, 7) is 4.47. The topological polar surface area (TPSA) is 0 Å². The van der Waals surface area contributed by atoms with Gasteiger partial charge in [0, 0.05) is 0 Å². The number of aryl methyl sites for hydroxylation is 1. The molecular weight excluding hydrogens is 185 g/mol. The SMILES string of the molecule is CCc1ccc[c]([Zn])c1CC. The molecule has 1 rings (SSSR count). The number of rotatable bonds is 2. The van der Waals surface area contributed by atoms with Crippen molar-refractivity contribution in [3.05, 3.63) is 29.3 Å². The molecule has 0 aromatic heterocycles. The second-order valence-electron chi connectivity index (χ2n) is 2.76. The van der Waals surface area contributed by atoms with Crippen LogP contribution in [0, 0.1) is 0 Å². The van der Waals surface area contributed by atoms with Gasteiger partial charge >= 0.3 is 78.5 Å². The fourth-order valence-corrected chi connectivity index (χ4v) is 2.76. The Kier molecular flexibility index (Phi) is 3.26. The van der Waals surface area contributed by atoms with E-state index >= 15 is 0 Å². The quantitative estimate of drug-likeness (QED) is 0.638. The molecule has 0 bridgehead atoms. The molecule has 0 amide bonds. The van der Waals surface area contributed by atoms with E-state index in [9.17, 15) is 0 Å². The van der Waals surface area contributed by atoms with Gasteiger partial charge in [-0.15, -0.1) is 0 Å². The Labute approximate surface area is 78.7 Å². The van der Waals surface area contributed by atoms with Gasteiger partial charge in [0.05, 0.1) is 0 Å². The third kappa shape index (κ3) is 1.90. The van der Waals surface area contributed by atoms with E-state index in [-0.39, 0.29) is 0 Å². The molecule has 0 N–H and O–H groups in total. The molecule has 0 aliphatic carbocycles. The van der Waals surface area contributed by atoms with Crippen LogP contribution in [-0.2, 0) is 31.1 Å². The average molecular weight is 199 g/mol. The zero-order chi connectivity index (χ0) is 8.27. The van der Waals surface area contributed by atoms with E-state index in [1.54, 1.807) is 9.72 Å². The Morgan fingerprint density at radius 1 is 1.18 bits per heavy atom. The van der Waals surface area contributed by atoms with Gasteiger partial charge in [0.15, 0.2) is 0 Å². The van der Waals surface area contributed by atoms with E-state index in [1.165, 1.54) is 36.7 Å². The minimum absolute atomic E-state index is 1.18. The van der Waals surface area contributed by atoms with Gasteiger partial charge < -0.3 is 0 Å². The summed E-state index contributed by atoms with van der Waals surface area (Å²) in [7, 11) is 0. The van der Waals surface area contributed by atoms with Gasteiger partial charge in [-0.1, -0.05) is 0 Å². The molecule has 0 nitrogen and oxygen atoms in total. The van der Waals surface area contributed by atoms with Crippen molar-refractivity contribution in [1.29, 1.82) is 0 Å². The molecule has 1 heteroatoms. The fourth-order valence-electron chi connectivity index (χ4n) is 1.47. The van der Waals surface area contributed by atoms with Gasteiger partial charge in [-0.25, -0.2) is 0 Å². The van der Waals surface area contributed by atoms with Crippen molar-refractivity contribution < 1.29 is 18.3 Å². The van der Waals surface area contributed by atoms with Crippen LogP contribution in [0.3, 0.4) is 0 Å². The maximum absolute atomic E-state index is 2.25. The Morgan fingerprint density at radius 2 is 1.91 bits per heavy atom. The van der Waals surface area contributed by atoms with E-state index in [0.29, 0.717) is 0 Å². The molecular formula is C10H13Zn. The van der Waals surface area contributed by atoms with Crippen molar-refractivity contribution in [3.8, 4) is 0 Å². The van der Waals surface area contributed by atoms with Crippen LogP contribution < -0.4 is 4.16 Å². The average Bonchev–Trinajstić information content (AvgIpc) is 2.04. The molecule has 0 unspecified atom stereocenters. The van der Waals surface area contributed by atoms with Gasteiger partial charge in [-0.2, -0.15) is 0 Å². The van der Waals surface area contributed by atoms with E-state index in [2.05, 4.69) is 32.0 Å². The first-order chi connectivity index (χ1) is 5.29. The molecule has 0 atom stereocenters. The summed E-state index contributed by atoms with van der Waals surface area (Å²) in [5, 5.41) is 0. The normalized spacial score (nSPS) is 10.2. The van der Waals surface area contributed by atoms with Gasteiger partial charge in [-0.05, 0) is 0 Å². The van der Waals surface area contributed by atoms with Crippen LogP contribution in [-0.4, -0.2) is 0 Å². The van der Waals surface area contributed by atoms with E-state index in [1.807, 2.05) is 0 Å². The molecule has 1 aromatic rings.